The second-order valence-corrected chi connectivity index (χ2v) is 5.09. The van der Waals surface area contributed by atoms with Crippen molar-refractivity contribution in [3.8, 4) is 5.95 Å². The summed E-state index contributed by atoms with van der Waals surface area (Å²) >= 11 is 0. The number of aromatic nitrogens is 5. The maximum atomic E-state index is 5.40. The molecule has 0 saturated heterocycles. The van der Waals surface area contributed by atoms with Gasteiger partial charge in [-0.15, -0.1) is 0 Å². The lowest BCUT2D eigenvalue weighted by atomic mass is 10.1. The second kappa shape index (κ2) is 5.41. The third-order valence-electron chi connectivity index (χ3n) is 3.50. The Morgan fingerprint density at radius 3 is 2.80 bits per heavy atom. The number of anilines is 2. The van der Waals surface area contributed by atoms with Crippen molar-refractivity contribution < 1.29 is 0 Å². The number of hydrazine groups is 1. The highest BCUT2D eigenvalue weighted by Crippen LogP contribution is 2.36. The monoisotopic (exact) mass is 274 g/mol. The third-order valence-corrected chi connectivity index (χ3v) is 3.50. The first-order chi connectivity index (χ1) is 9.76. The predicted molar refractivity (Wildman–Crippen MR) is 75.1 cm³/mol. The first-order valence-corrected chi connectivity index (χ1v) is 6.71. The van der Waals surface area contributed by atoms with Crippen LogP contribution in [0.3, 0.4) is 0 Å². The Labute approximate surface area is 116 Å². The van der Waals surface area contributed by atoms with Gasteiger partial charge in [-0.1, -0.05) is 6.92 Å². The van der Waals surface area contributed by atoms with E-state index in [4.69, 9.17) is 5.84 Å². The smallest absolute Gasteiger partial charge is 0.243 e. The van der Waals surface area contributed by atoms with E-state index in [1.807, 2.05) is 0 Å². The molecule has 2 aromatic heterocycles. The lowest BCUT2D eigenvalue weighted by Gasteiger charge is -2.12. The number of hydrogen-bond donors (Lipinski definition) is 3. The molecule has 20 heavy (non-hydrogen) atoms. The van der Waals surface area contributed by atoms with E-state index < -0.39 is 0 Å². The first kappa shape index (κ1) is 12.8. The highest BCUT2D eigenvalue weighted by atomic mass is 15.4. The molecule has 0 aromatic carbocycles. The van der Waals surface area contributed by atoms with E-state index in [-0.39, 0.29) is 0 Å². The Kier molecular flexibility index (Phi) is 3.46. The summed E-state index contributed by atoms with van der Waals surface area (Å²) in [6.07, 6.45) is 7.73. The molecule has 1 atom stereocenters. The Hall–Kier alpha value is -2.22. The molecule has 1 saturated carbocycles. The molecule has 0 spiro atoms. The van der Waals surface area contributed by atoms with Crippen LogP contribution in [0.25, 0.3) is 5.95 Å². The molecule has 1 aliphatic rings. The van der Waals surface area contributed by atoms with E-state index in [0.29, 0.717) is 23.8 Å². The summed E-state index contributed by atoms with van der Waals surface area (Å²) < 4.78 is 1.71. The Morgan fingerprint density at radius 2 is 2.15 bits per heavy atom. The van der Waals surface area contributed by atoms with E-state index in [9.17, 15) is 0 Å². The standard InChI is InChI=1S/C12H18N8/c1-8(9-2-3-9)6-15-10-16-11(19-13)18-12(17-10)20-5-4-14-7-20/h4-5,7-9H,2-3,6,13H2,1H3,(H2,15,16,17,18,19). The molecule has 0 bridgehead atoms. The third kappa shape index (κ3) is 2.85. The van der Waals surface area contributed by atoms with Crippen molar-refractivity contribution in [3.05, 3.63) is 18.7 Å². The minimum atomic E-state index is 0.324. The van der Waals surface area contributed by atoms with Gasteiger partial charge in [0.2, 0.25) is 17.8 Å². The second-order valence-electron chi connectivity index (χ2n) is 5.09. The maximum absolute atomic E-state index is 5.40. The van der Waals surface area contributed by atoms with Crippen molar-refractivity contribution in [1.82, 2.24) is 24.5 Å². The summed E-state index contributed by atoms with van der Waals surface area (Å²) in [5.74, 6) is 8.18. The van der Waals surface area contributed by atoms with Gasteiger partial charge in [0.05, 0.1) is 0 Å². The first-order valence-electron chi connectivity index (χ1n) is 6.71. The average molecular weight is 274 g/mol. The molecule has 2 heterocycles. The topological polar surface area (TPSA) is 107 Å². The molecule has 8 nitrogen and oxygen atoms in total. The van der Waals surface area contributed by atoms with Gasteiger partial charge in [-0.2, -0.15) is 15.0 Å². The van der Waals surface area contributed by atoms with E-state index in [0.717, 1.165) is 12.5 Å². The summed E-state index contributed by atoms with van der Waals surface area (Å²) in [6, 6.07) is 0. The SMILES string of the molecule is CC(CNc1nc(NN)nc(-n2ccnc2)n1)C1CC1. The minimum Gasteiger partial charge on any atom is -0.354 e. The average Bonchev–Trinajstić information content (AvgIpc) is 3.19. The molecule has 1 aliphatic carbocycles. The van der Waals surface area contributed by atoms with Gasteiger partial charge in [-0.3, -0.25) is 9.99 Å². The van der Waals surface area contributed by atoms with Crippen LogP contribution in [-0.2, 0) is 0 Å². The van der Waals surface area contributed by atoms with Crippen molar-refractivity contribution >= 4 is 11.9 Å². The molecule has 3 rings (SSSR count). The summed E-state index contributed by atoms with van der Waals surface area (Å²) in [7, 11) is 0. The summed E-state index contributed by atoms with van der Waals surface area (Å²) in [6.45, 7) is 3.09. The summed E-state index contributed by atoms with van der Waals surface area (Å²) in [4.78, 5) is 16.8. The van der Waals surface area contributed by atoms with E-state index >= 15 is 0 Å². The molecule has 106 valence electrons. The van der Waals surface area contributed by atoms with Crippen molar-refractivity contribution in [1.29, 1.82) is 0 Å². The van der Waals surface area contributed by atoms with Gasteiger partial charge in [-0.05, 0) is 24.7 Å². The van der Waals surface area contributed by atoms with E-state index in [2.05, 4.69) is 37.6 Å². The highest BCUT2D eigenvalue weighted by Gasteiger charge is 2.27. The van der Waals surface area contributed by atoms with Crippen molar-refractivity contribution in [3.63, 3.8) is 0 Å². The van der Waals surface area contributed by atoms with Crippen LogP contribution in [0.5, 0.6) is 0 Å². The van der Waals surface area contributed by atoms with E-state index in [1.165, 1.54) is 12.8 Å². The van der Waals surface area contributed by atoms with Crippen LogP contribution < -0.4 is 16.6 Å². The molecular weight excluding hydrogens is 256 g/mol. The molecule has 0 radical (unpaired) electrons. The van der Waals surface area contributed by atoms with Gasteiger partial charge in [-0.25, -0.2) is 10.8 Å². The van der Waals surface area contributed by atoms with Crippen LogP contribution in [0.4, 0.5) is 11.9 Å². The van der Waals surface area contributed by atoms with Crippen LogP contribution in [0.1, 0.15) is 19.8 Å². The largest absolute Gasteiger partial charge is 0.354 e. The Balaban J connectivity index is 1.77. The predicted octanol–water partition coefficient (Wildman–Crippen LogP) is 0.801. The molecule has 0 aliphatic heterocycles. The van der Waals surface area contributed by atoms with Gasteiger partial charge in [0.15, 0.2) is 0 Å². The zero-order valence-corrected chi connectivity index (χ0v) is 11.3. The Bertz CT molecular complexity index is 563. The van der Waals surface area contributed by atoms with Gasteiger partial charge in [0, 0.05) is 18.9 Å². The zero-order valence-electron chi connectivity index (χ0n) is 11.3. The Morgan fingerprint density at radius 1 is 1.35 bits per heavy atom. The number of nitrogens with two attached hydrogens (primary N) is 1. The van der Waals surface area contributed by atoms with Crippen LogP contribution in [0.15, 0.2) is 18.7 Å². The number of nitrogen functional groups attached to an aromatic ring is 1. The molecule has 1 unspecified atom stereocenters. The lowest BCUT2D eigenvalue weighted by molar-refractivity contribution is 0.535. The number of imidazole rings is 1. The van der Waals surface area contributed by atoms with Gasteiger partial charge in [0.25, 0.3) is 0 Å². The number of nitrogens with zero attached hydrogens (tertiary/aromatic N) is 5. The summed E-state index contributed by atoms with van der Waals surface area (Å²) in [5.41, 5.74) is 2.46. The van der Waals surface area contributed by atoms with Crippen molar-refractivity contribution in [2.45, 2.75) is 19.8 Å². The summed E-state index contributed by atoms with van der Waals surface area (Å²) in [5, 5.41) is 3.25. The van der Waals surface area contributed by atoms with Crippen molar-refractivity contribution in [2.24, 2.45) is 17.7 Å². The van der Waals surface area contributed by atoms with Crippen LogP contribution in [-0.4, -0.2) is 31.0 Å². The lowest BCUT2D eigenvalue weighted by Crippen LogP contribution is -2.18. The maximum Gasteiger partial charge on any atom is 0.243 e. The van der Waals surface area contributed by atoms with Crippen molar-refractivity contribution in [2.75, 3.05) is 17.3 Å². The number of nitrogens with one attached hydrogen (secondary N) is 2. The quantitative estimate of drug-likeness (QED) is 0.528. The van der Waals surface area contributed by atoms with Gasteiger partial charge >= 0.3 is 0 Å². The normalized spacial score (nSPS) is 15.9. The fourth-order valence-electron chi connectivity index (χ4n) is 2.09. The molecule has 4 N–H and O–H groups in total. The van der Waals surface area contributed by atoms with Gasteiger partial charge in [0.1, 0.15) is 6.33 Å². The van der Waals surface area contributed by atoms with E-state index in [1.54, 1.807) is 23.3 Å². The van der Waals surface area contributed by atoms with Crippen LogP contribution >= 0.6 is 0 Å². The van der Waals surface area contributed by atoms with Crippen LogP contribution in [0, 0.1) is 11.8 Å². The highest BCUT2D eigenvalue weighted by molar-refractivity contribution is 5.37. The molecular formula is C12H18N8. The van der Waals surface area contributed by atoms with Gasteiger partial charge < -0.3 is 5.32 Å². The van der Waals surface area contributed by atoms with Crippen LogP contribution in [0.2, 0.25) is 0 Å². The number of rotatable bonds is 6. The fraction of sp³-hybridized carbons (Fsp3) is 0.500. The molecule has 8 heteroatoms. The molecule has 1 fully saturated rings. The molecule has 0 amide bonds. The number of hydrogen-bond acceptors (Lipinski definition) is 7. The zero-order chi connectivity index (χ0) is 13.9. The molecule has 2 aromatic rings. The fourth-order valence-corrected chi connectivity index (χ4v) is 2.09. The minimum absolute atomic E-state index is 0.324.